The third-order valence-corrected chi connectivity index (χ3v) is 4.19. The molecule has 1 atom stereocenters. The zero-order chi connectivity index (χ0) is 13.2. The van der Waals surface area contributed by atoms with E-state index < -0.39 is 0 Å². The van der Waals surface area contributed by atoms with Crippen LogP contribution >= 0.6 is 0 Å². The molecule has 1 N–H and O–H groups in total. The summed E-state index contributed by atoms with van der Waals surface area (Å²) in [5.74, 6) is 1.02. The van der Waals surface area contributed by atoms with Gasteiger partial charge >= 0.3 is 0 Å². The summed E-state index contributed by atoms with van der Waals surface area (Å²) in [6.45, 7) is 7.65. The van der Waals surface area contributed by atoms with Crippen LogP contribution in [0.4, 0.5) is 0 Å². The number of amides is 1. The molecule has 2 fully saturated rings. The number of hydrogen-bond acceptors (Lipinski definition) is 2. The molecule has 1 saturated heterocycles. The molecule has 0 bridgehead atoms. The normalized spacial score (nSPS) is 25.4. The highest BCUT2D eigenvalue weighted by molar-refractivity contribution is 5.91. The van der Waals surface area contributed by atoms with E-state index in [4.69, 9.17) is 0 Å². The van der Waals surface area contributed by atoms with Crippen molar-refractivity contribution in [1.82, 2.24) is 10.2 Å². The van der Waals surface area contributed by atoms with E-state index in [0.717, 1.165) is 32.2 Å². The van der Waals surface area contributed by atoms with Crippen LogP contribution in [-0.2, 0) is 4.79 Å². The number of rotatable bonds is 7. The summed E-state index contributed by atoms with van der Waals surface area (Å²) in [6, 6.07) is 0. The van der Waals surface area contributed by atoms with Crippen LogP contribution in [0.1, 0.15) is 65.7 Å². The lowest BCUT2D eigenvalue weighted by Gasteiger charge is -2.25. The second-order valence-electron chi connectivity index (χ2n) is 6.43. The monoisotopic (exact) mass is 252 g/mol. The van der Waals surface area contributed by atoms with Crippen molar-refractivity contribution in [2.45, 2.75) is 77.4 Å². The predicted molar refractivity (Wildman–Crippen MR) is 74.2 cm³/mol. The zero-order valence-corrected chi connectivity index (χ0v) is 12.2. The van der Waals surface area contributed by atoms with Crippen LogP contribution in [0.2, 0.25) is 0 Å². The molecule has 3 heteroatoms. The predicted octanol–water partition coefficient (Wildman–Crippen LogP) is 2.90. The van der Waals surface area contributed by atoms with Gasteiger partial charge in [-0.3, -0.25) is 10.1 Å². The van der Waals surface area contributed by atoms with Crippen molar-refractivity contribution in [2.75, 3.05) is 6.54 Å². The van der Waals surface area contributed by atoms with Crippen LogP contribution in [0.3, 0.4) is 0 Å². The number of nitrogens with zero attached hydrogens (tertiary/aromatic N) is 1. The minimum Gasteiger partial charge on any atom is -0.326 e. The largest absolute Gasteiger partial charge is 0.326 e. The molecule has 1 heterocycles. The molecule has 1 aliphatic heterocycles. The van der Waals surface area contributed by atoms with Gasteiger partial charge < -0.3 is 4.90 Å². The standard InChI is InChI=1S/C15H28N2O/c1-4-5-6-7-10-17-13(11-12(2)3)16-15(8-9-15)14(17)18/h12-13,16H,4-11H2,1-3H3. The summed E-state index contributed by atoms with van der Waals surface area (Å²) in [5, 5.41) is 3.59. The Bertz CT molecular complexity index is 297. The van der Waals surface area contributed by atoms with Crippen molar-refractivity contribution in [3.63, 3.8) is 0 Å². The summed E-state index contributed by atoms with van der Waals surface area (Å²) in [7, 11) is 0. The molecular formula is C15H28N2O. The van der Waals surface area contributed by atoms with Gasteiger partial charge in [-0.25, -0.2) is 0 Å². The minimum atomic E-state index is -0.135. The lowest BCUT2D eigenvalue weighted by atomic mass is 10.1. The molecule has 0 aromatic heterocycles. The molecule has 1 unspecified atom stereocenters. The van der Waals surface area contributed by atoms with Crippen molar-refractivity contribution in [3.05, 3.63) is 0 Å². The maximum Gasteiger partial charge on any atom is 0.244 e. The number of hydrogen-bond donors (Lipinski definition) is 1. The van der Waals surface area contributed by atoms with Gasteiger partial charge in [-0.15, -0.1) is 0 Å². The van der Waals surface area contributed by atoms with Crippen molar-refractivity contribution >= 4 is 5.91 Å². The van der Waals surface area contributed by atoms with Crippen molar-refractivity contribution in [1.29, 1.82) is 0 Å². The average Bonchev–Trinajstić information content (AvgIpc) is 3.03. The van der Waals surface area contributed by atoms with Crippen LogP contribution in [0.25, 0.3) is 0 Å². The molecule has 2 rings (SSSR count). The Morgan fingerprint density at radius 3 is 2.61 bits per heavy atom. The molecule has 1 amide bonds. The molecule has 0 aromatic carbocycles. The first kappa shape index (κ1) is 13.9. The SMILES string of the molecule is CCCCCCN1C(=O)C2(CC2)NC1CC(C)C. The Balaban J connectivity index is 1.88. The van der Waals surface area contributed by atoms with Gasteiger partial charge in [-0.05, 0) is 31.6 Å². The molecule has 1 aliphatic carbocycles. The molecule has 2 aliphatic rings. The Morgan fingerprint density at radius 1 is 1.33 bits per heavy atom. The molecule has 1 spiro atoms. The van der Waals surface area contributed by atoms with Gasteiger partial charge in [0.15, 0.2) is 0 Å². The van der Waals surface area contributed by atoms with E-state index in [0.29, 0.717) is 18.0 Å². The maximum atomic E-state index is 12.4. The molecular weight excluding hydrogens is 224 g/mol. The van der Waals surface area contributed by atoms with Crippen LogP contribution < -0.4 is 5.32 Å². The molecule has 0 radical (unpaired) electrons. The average molecular weight is 252 g/mol. The lowest BCUT2D eigenvalue weighted by molar-refractivity contribution is -0.131. The first-order valence-corrected chi connectivity index (χ1v) is 7.68. The summed E-state index contributed by atoms with van der Waals surface area (Å²) >= 11 is 0. The number of nitrogens with one attached hydrogen (secondary N) is 1. The highest BCUT2D eigenvalue weighted by Gasteiger charge is 2.58. The lowest BCUT2D eigenvalue weighted by Crippen LogP contribution is -2.39. The molecule has 3 nitrogen and oxygen atoms in total. The fourth-order valence-corrected chi connectivity index (χ4v) is 2.96. The summed E-state index contributed by atoms with van der Waals surface area (Å²) in [4.78, 5) is 14.5. The van der Waals surface area contributed by atoms with Crippen LogP contribution in [0.15, 0.2) is 0 Å². The highest BCUT2D eigenvalue weighted by atomic mass is 16.2. The number of unbranched alkanes of at least 4 members (excludes halogenated alkanes) is 3. The first-order chi connectivity index (χ1) is 8.59. The van der Waals surface area contributed by atoms with Crippen LogP contribution in [-0.4, -0.2) is 29.1 Å². The zero-order valence-electron chi connectivity index (χ0n) is 12.2. The first-order valence-electron chi connectivity index (χ1n) is 7.68. The van der Waals surface area contributed by atoms with Gasteiger partial charge in [-0.1, -0.05) is 40.0 Å². The van der Waals surface area contributed by atoms with Crippen molar-refractivity contribution in [3.8, 4) is 0 Å². The Hall–Kier alpha value is -0.570. The smallest absolute Gasteiger partial charge is 0.244 e. The third kappa shape index (κ3) is 2.87. The quantitative estimate of drug-likeness (QED) is 0.707. The molecule has 18 heavy (non-hydrogen) atoms. The van der Waals surface area contributed by atoms with Gasteiger partial charge in [0.25, 0.3) is 0 Å². The summed E-state index contributed by atoms with van der Waals surface area (Å²) < 4.78 is 0. The Labute approximate surface area is 111 Å². The second-order valence-corrected chi connectivity index (χ2v) is 6.43. The third-order valence-electron chi connectivity index (χ3n) is 4.19. The summed E-state index contributed by atoms with van der Waals surface area (Å²) in [6.07, 6.45) is 8.43. The van der Waals surface area contributed by atoms with Crippen LogP contribution in [0.5, 0.6) is 0 Å². The fourth-order valence-electron chi connectivity index (χ4n) is 2.96. The topological polar surface area (TPSA) is 32.3 Å². The molecule has 104 valence electrons. The Kier molecular flexibility index (Phi) is 4.31. The van der Waals surface area contributed by atoms with Crippen molar-refractivity contribution < 1.29 is 4.79 Å². The number of carbonyl (C=O) groups excluding carboxylic acids is 1. The van der Waals surface area contributed by atoms with E-state index in [1.165, 1.54) is 19.3 Å². The maximum absolute atomic E-state index is 12.4. The van der Waals surface area contributed by atoms with E-state index >= 15 is 0 Å². The fraction of sp³-hybridized carbons (Fsp3) is 0.933. The number of carbonyl (C=O) groups is 1. The van der Waals surface area contributed by atoms with Crippen molar-refractivity contribution in [2.24, 2.45) is 5.92 Å². The van der Waals surface area contributed by atoms with Gasteiger partial charge in [0.05, 0.1) is 11.7 Å². The van der Waals surface area contributed by atoms with E-state index in [2.05, 4.69) is 31.0 Å². The van der Waals surface area contributed by atoms with E-state index in [9.17, 15) is 4.79 Å². The van der Waals surface area contributed by atoms with Gasteiger partial charge in [-0.2, -0.15) is 0 Å². The molecule has 0 aromatic rings. The van der Waals surface area contributed by atoms with E-state index in [1.54, 1.807) is 0 Å². The van der Waals surface area contributed by atoms with E-state index in [-0.39, 0.29) is 5.54 Å². The second kappa shape index (κ2) is 5.60. The summed E-state index contributed by atoms with van der Waals surface area (Å²) in [5.41, 5.74) is -0.135. The van der Waals surface area contributed by atoms with Gasteiger partial charge in [0.1, 0.15) is 0 Å². The molecule has 1 saturated carbocycles. The highest BCUT2D eigenvalue weighted by Crippen LogP contribution is 2.43. The van der Waals surface area contributed by atoms with E-state index in [1.807, 2.05) is 0 Å². The Morgan fingerprint density at radius 2 is 2.06 bits per heavy atom. The van der Waals surface area contributed by atoms with Gasteiger partial charge in [0, 0.05) is 6.54 Å². The minimum absolute atomic E-state index is 0.135. The van der Waals surface area contributed by atoms with Crippen LogP contribution in [0, 0.1) is 5.92 Å². The van der Waals surface area contributed by atoms with Gasteiger partial charge in [0.2, 0.25) is 5.91 Å².